The van der Waals surface area contributed by atoms with Crippen LogP contribution in [0.15, 0.2) is 0 Å². The van der Waals surface area contributed by atoms with Crippen molar-refractivity contribution in [2.45, 2.75) is 58.7 Å². The van der Waals surface area contributed by atoms with E-state index in [4.69, 9.17) is 4.74 Å². The summed E-state index contributed by atoms with van der Waals surface area (Å²) in [6.45, 7) is 15.1. The van der Waals surface area contributed by atoms with Gasteiger partial charge in [0.2, 0.25) is 0 Å². The van der Waals surface area contributed by atoms with E-state index in [1.807, 2.05) is 0 Å². The molecular weight excluding hydrogens is 200 g/mol. The minimum absolute atomic E-state index is 0.0174. The average Bonchev–Trinajstić information content (AvgIpc) is 2.16. The van der Waals surface area contributed by atoms with E-state index >= 15 is 0 Å². The van der Waals surface area contributed by atoms with Crippen molar-refractivity contribution in [1.82, 2.24) is 10.2 Å². The zero-order chi connectivity index (χ0) is 12.2. The second-order valence-corrected chi connectivity index (χ2v) is 5.70. The molecule has 1 aliphatic heterocycles. The SMILES string of the molecule is CCC(CNC(C)C)N1CCOC(C)(C)C1. The topological polar surface area (TPSA) is 24.5 Å². The molecule has 0 saturated carbocycles. The Kier molecular flexibility index (Phi) is 5.22. The van der Waals surface area contributed by atoms with Crippen molar-refractivity contribution in [2.24, 2.45) is 0 Å². The molecule has 3 heteroatoms. The van der Waals surface area contributed by atoms with Gasteiger partial charge in [0.15, 0.2) is 0 Å². The van der Waals surface area contributed by atoms with Gasteiger partial charge in [-0.15, -0.1) is 0 Å². The Morgan fingerprint density at radius 1 is 1.38 bits per heavy atom. The Hall–Kier alpha value is -0.120. The van der Waals surface area contributed by atoms with E-state index in [9.17, 15) is 0 Å². The summed E-state index contributed by atoms with van der Waals surface area (Å²) >= 11 is 0. The van der Waals surface area contributed by atoms with E-state index in [2.05, 4.69) is 44.8 Å². The van der Waals surface area contributed by atoms with Crippen molar-refractivity contribution in [3.63, 3.8) is 0 Å². The molecule has 0 aromatic heterocycles. The Bertz CT molecular complexity index is 204. The fraction of sp³-hybridized carbons (Fsp3) is 1.00. The molecule has 0 bridgehead atoms. The van der Waals surface area contributed by atoms with Gasteiger partial charge in [-0.05, 0) is 20.3 Å². The Labute approximate surface area is 101 Å². The Morgan fingerprint density at radius 3 is 2.56 bits per heavy atom. The highest BCUT2D eigenvalue weighted by molar-refractivity contribution is 4.84. The molecule has 0 radical (unpaired) electrons. The number of rotatable bonds is 5. The molecule has 1 N–H and O–H groups in total. The number of hydrogen-bond acceptors (Lipinski definition) is 3. The Balaban J connectivity index is 2.45. The first kappa shape index (κ1) is 13.9. The molecule has 96 valence electrons. The number of ether oxygens (including phenoxy) is 1. The first-order valence-corrected chi connectivity index (χ1v) is 6.56. The highest BCUT2D eigenvalue weighted by atomic mass is 16.5. The summed E-state index contributed by atoms with van der Waals surface area (Å²) < 4.78 is 5.75. The summed E-state index contributed by atoms with van der Waals surface area (Å²) in [6.07, 6.45) is 1.20. The van der Waals surface area contributed by atoms with Gasteiger partial charge in [0.05, 0.1) is 12.2 Å². The van der Waals surface area contributed by atoms with Crippen LogP contribution in [0.1, 0.15) is 41.0 Å². The fourth-order valence-electron chi connectivity index (χ4n) is 2.27. The molecule has 0 aliphatic carbocycles. The van der Waals surface area contributed by atoms with Crippen LogP contribution >= 0.6 is 0 Å². The molecule has 0 aromatic rings. The molecule has 0 aromatic carbocycles. The molecular formula is C13H28N2O. The first-order valence-electron chi connectivity index (χ1n) is 6.56. The van der Waals surface area contributed by atoms with Gasteiger partial charge in [-0.25, -0.2) is 0 Å². The van der Waals surface area contributed by atoms with E-state index in [-0.39, 0.29) is 5.60 Å². The highest BCUT2D eigenvalue weighted by Gasteiger charge is 2.30. The van der Waals surface area contributed by atoms with Crippen LogP contribution < -0.4 is 5.32 Å². The molecule has 1 saturated heterocycles. The predicted molar refractivity (Wildman–Crippen MR) is 68.8 cm³/mol. The molecule has 1 rings (SSSR count). The number of nitrogens with one attached hydrogen (secondary N) is 1. The summed E-state index contributed by atoms with van der Waals surface area (Å²) in [5, 5.41) is 3.54. The van der Waals surface area contributed by atoms with E-state index in [1.54, 1.807) is 0 Å². The number of morpholine rings is 1. The van der Waals surface area contributed by atoms with Crippen LogP contribution in [0.25, 0.3) is 0 Å². The third kappa shape index (κ3) is 4.40. The third-order valence-corrected chi connectivity index (χ3v) is 3.20. The van der Waals surface area contributed by atoms with Gasteiger partial charge in [-0.3, -0.25) is 4.90 Å². The predicted octanol–water partition coefficient (Wildman–Crippen LogP) is 1.87. The van der Waals surface area contributed by atoms with Crippen molar-refractivity contribution in [2.75, 3.05) is 26.2 Å². The zero-order valence-corrected chi connectivity index (χ0v) is 11.5. The quantitative estimate of drug-likeness (QED) is 0.777. The van der Waals surface area contributed by atoms with Crippen molar-refractivity contribution in [1.29, 1.82) is 0 Å². The van der Waals surface area contributed by atoms with E-state index in [1.165, 1.54) is 6.42 Å². The smallest absolute Gasteiger partial charge is 0.0753 e. The van der Waals surface area contributed by atoms with Gasteiger partial charge in [-0.2, -0.15) is 0 Å². The summed E-state index contributed by atoms with van der Waals surface area (Å²) in [7, 11) is 0. The Morgan fingerprint density at radius 2 is 2.06 bits per heavy atom. The molecule has 1 fully saturated rings. The lowest BCUT2D eigenvalue weighted by Crippen LogP contribution is -2.54. The van der Waals surface area contributed by atoms with E-state index in [0.717, 1.165) is 26.2 Å². The van der Waals surface area contributed by atoms with Gasteiger partial charge in [-0.1, -0.05) is 20.8 Å². The lowest BCUT2D eigenvalue weighted by molar-refractivity contribution is -0.0971. The molecule has 1 aliphatic rings. The van der Waals surface area contributed by atoms with E-state index < -0.39 is 0 Å². The van der Waals surface area contributed by atoms with Crippen LogP contribution in [0, 0.1) is 0 Å². The third-order valence-electron chi connectivity index (χ3n) is 3.20. The average molecular weight is 228 g/mol. The molecule has 0 amide bonds. The molecule has 1 unspecified atom stereocenters. The molecule has 3 nitrogen and oxygen atoms in total. The normalized spacial score (nSPS) is 23.6. The molecule has 1 atom stereocenters. The van der Waals surface area contributed by atoms with Gasteiger partial charge in [0, 0.05) is 31.7 Å². The maximum Gasteiger partial charge on any atom is 0.0753 e. The van der Waals surface area contributed by atoms with E-state index in [0.29, 0.717) is 12.1 Å². The van der Waals surface area contributed by atoms with Gasteiger partial charge < -0.3 is 10.1 Å². The first-order chi connectivity index (χ1) is 7.44. The van der Waals surface area contributed by atoms with Crippen LogP contribution in [-0.2, 0) is 4.74 Å². The maximum absolute atomic E-state index is 5.75. The van der Waals surface area contributed by atoms with Crippen LogP contribution in [0.3, 0.4) is 0 Å². The lowest BCUT2D eigenvalue weighted by atomic mass is 10.0. The standard InChI is InChI=1S/C13H28N2O/c1-6-12(9-14-11(2)3)15-7-8-16-13(4,5)10-15/h11-12,14H,6-10H2,1-5H3. The lowest BCUT2D eigenvalue weighted by Gasteiger charge is -2.42. The van der Waals surface area contributed by atoms with Crippen molar-refractivity contribution >= 4 is 0 Å². The monoisotopic (exact) mass is 228 g/mol. The fourth-order valence-corrected chi connectivity index (χ4v) is 2.27. The highest BCUT2D eigenvalue weighted by Crippen LogP contribution is 2.19. The summed E-state index contributed by atoms with van der Waals surface area (Å²) in [5.41, 5.74) is 0.0174. The van der Waals surface area contributed by atoms with Crippen molar-refractivity contribution < 1.29 is 4.74 Å². The largest absolute Gasteiger partial charge is 0.373 e. The second kappa shape index (κ2) is 5.99. The summed E-state index contributed by atoms with van der Waals surface area (Å²) in [5.74, 6) is 0. The van der Waals surface area contributed by atoms with Crippen LogP contribution in [0.4, 0.5) is 0 Å². The number of nitrogens with zero attached hydrogens (tertiary/aromatic N) is 1. The summed E-state index contributed by atoms with van der Waals surface area (Å²) in [4.78, 5) is 2.57. The second-order valence-electron chi connectivity index (χ2n) is 5.70. The molecule has 16 heavy (non-hydrogen) atoms. The minimum Gasteiger partial charge on any atom is -0.373 e. The van der Waals surface area contributed by atoms with Gasteiger partial charge in [0.25, 0.3) is 0 Å². The van der Waals surface area contributed by atoms with Crippen LogP contribution in [-0.4, -0.2) is 48.8 Å². The van der Waals surface area contributed by atoms with Gasteiger partial charge in [0.1, 0.15) is 0 Å². The maximum atomic E-state index is 5.75. The minimum atomic E-state index is 0.0174. The molecule has 1 heterocycles. The summed E-state index contributed by atoms with van der Waals surface area (Å²) in [6, 6.07) is 1.22. The molecule has 0 spiro atoms. The van der Waals surface area contributed by atoms with Gasteiger partial charge >= 0.3 is 0 Å². The zero-order valence-electron chi connectivity index (χ0n) is 11.5. The van der Waals surface area contributed by atoms with Crippen LogP contribution in [0.2, 0.25) is 0 Å². The van der Waals surface area contributed by atoms with Crippen molar-refractivity contribution in [3.05, 3.63) is 0 Å². The van der Waals surface area contributed by atoms with Crippen molar-refractivity contribution in [3.8, 4) is 0 Å². The number of hydrogen-bond donors (Lipinski definition) is 1. The van der Waals surface area contributed by atoms with Crippen LogP contribution in [0.5, 0.6) is 0 Å².